The van der Waals surface area contributed by atoms with Gasteiger partial charge in [0.1, 0.15) is 5.75 Å². The Morgan fingerprint density at radius 3 is 2.59 bits per heavy atom. The normalized spacial score (nSPS) is 12.5. The van der Waals surface area contributed by atoms with Crippen molar-refractivity contribution in [1.82, 2.24) is 4.98 Å². The van der Waals surface area contributed by atoms with Gasteiger partial charge in [-0.05, 0) is 12.1 Å². The number of fused-ring (bicyclic) bond motifs is 1. The molecule has 88 valence electrons. The lowest BCUT2D eigenvalue weighted by atomic mass is 10.0. The maximum absolute atomic E-state index is 11.1. The quantitative estimate of drug-likeness (QED) is 0.600. The summed E-state index contributed by atoms with van der Waals surface area (Å²) >= 11 is 0. The van der Waals surface area contributed by atoms with Crippen molar-refractivity contribution in [3.05, 3.63) is 40.2 Å². The third-order valence-corrected chi connectivity index (χ3v) is 2.44. The molecule has 6 nitrogen and oxygen atoms in total. The first-order valence-electron chi connectivity index (χ1n) is 4.76. The SMILES string of the molecule is O=C(O)C(O)c1ccc(O)c2[nH]c(=O)ccc12. The highest BCUT2D eigenvalue weighted by Crippen LogP contribution is 2.28. The highest BCUT2D eigenvalue weighted by molar-refractivity contribution is 5.91. The smallest absolute Gasteiger partial charge is 0.337 e. The number of aliphatic carboxylic acids is 1. The number of aliphatic hydroxyl groups excluding tert-OH is 1. The number of nitrogens with one attached hydrogen (secondary N) is 1. The van der Waals surface area contributed by atoms with Gasteiger partial charge in [0.05, 0.1) is 5.52 Å². The molecule has 0 aliphatic carbocycles. The number of H-pyrrole nitrogens is 1. The summed E-state index contributed by atoms with van der Waals surface area (Å²) in [6.45, 7) is 0. The summed E-state index contributed by atoms with van der Waals surface area (Å²) in [5, 5.41) is 28.0. The maximum atomic E-state index is 11.1. The van der Waals surface area contributed by atoms with Gasteiger partial charge in [-0.2, -0.15) is 0 Å². The zero-order valence-corrected chi connectivity index (χ0v) is 8.54. The zero-order valence-electron chi connectivity index (χ0n) is 8.54. The average molecular weight is 235 g/mol. The fourth-order valence-corrected chi connectivity index (χ4v) is 1.63. The highest BCUT2D eigenvalue weighted by atomic mass is 16.4. The number of aromatic hydroxyl groups is 1. The molecule has 0 spiro atoms. The molecule has 6 heteroatoms. The van der Waals surface area contributed by atoms with E-state index in [-0.39, 0.29) is 16.8 Å². The van der Waals surface area contributed by atoms with Gasteiger partial charge in [0, 0.05) is 17.0 Å². The van der Waals surface area contributed by atoms with Crippen LogP contribution in [0, 0.1) is 0 Å². The summed E-state index contributed by atoms with van der Waals surface area (Å²) in [4.78, 5) is 24.2. The number of aromatic nitrogens is 1. The van der Waals surface area contributed by atoms with Crippen molar-refractivity contribution in [3.63, 3.8) is 0 Å². The van der Waals surface area contributed by atoms with Gasteiger partial charge in [-0.1, -0.05) is 6.07 Å². The standard InChI is InChI=1S/C11H9NO5/c13-7-3-1-6(10(15)11(16)17)5-2-4-8(14)12-9(5)7/h1-4,10,13,15H,(H,12,14)(H,16,17). The van der Waals surface area contributed by atoms with Gasteiger partial charge in [-0.25, -0.2) is 4.79 Å². The summed E-state index contributed by atoms with van der Waals surface area (Å²) in [5.74, 6) is -1.58. The van der Waals surface area contributed by atoms with Crippen molar-refractivity contribution >= 4 is 16.9 Å². The third kappa shape index (κ3) is 1.85. The van der Waals surface area contributed by atoms with E-state index < -0.39 is 17.6 Å². The van der Waals surface area contributed by atoms with Gasteiger partial charge in [-0.15, -0.1) is 0 Å². The fourth-order valence-electron chi connectivity index (χ4n) is 1.63. The number of pyridine rings is 1. The molecule has 4 N–H and O–H groups in total. The van der Waals surface area contributed by atoms with Gasteiger partial charge >= 0.3 is 5.97 Å². The molecule has 0 aliphatic rings. The van der Waals surface area contributed by atoms with Crippen LogP contribution >= 0.6 is 0 Å². The average Bonchev–Trinajstić information content (AvgIpc) is 2.29. The van der Waals surface area contributed by atoms with Gasteiger partial charge in [0.15, 0.2) is 6.10 Å². The molecule has 0 fully saturated rings. The molecule has 0 amide bonds. The Balaban J connectivity index is 2.79. The molecule has 0 radical (unpaired) electrons. The van der Waals surface area contributed by atoms with E-state index in [4.69, 9.17) is 5.11 Å². The van der Waals surface area contributed by atoms with Crippen LogP contribution in [0.15, 0.2) is 29.1 Å². The molecule has 0 saturated heterocycles. The second kappa shape index (κ2) is 3.91. The second-order valence-electron chi connectivity index (χ2n) is 3.53. The van der Waals surface area contributed by atoms with E-state index >= 15 is 0 Å². The largest absolute Gasteiger partial charge is 0.506 e. The van der Waals surface area contributed by atoms with E-state index in [1.807, 2.05) is 0 Å². The number of rotatable bonds is 2. The highest BCUT2D eigenvalue weighted by Gasteiger charge is 2.19. The van der Waals surface area contributed by atoms with Gasteiger partial charge in [-0.3, -0.25) is 4.79 Å². The van der Waals surface area contributed by atoms with Crippen molar-refractivity contribution in [2.24, 2.45) is 0 Å². The van der Waals surface area contributed by atoms with Crippen LogP contribution in [0.1, 0.15) is 11.7 Å². The second-order valence-corrected chi connectivity index (χ2v) is 3.53. The fraction of sp³-hybridized carbons (Fsp3) is 0.0909. The lowest BCUT2D eigenvalue weighted by Crippen LogP contribution is -2.12. The number of aliphatic hydroxyl groups is 1. The summed E-state index contributed by atoms with van der Waals surface area (Å²) < 4.78 is 0. The van der Waals surface area contributed by atoms with E-state index in [1.54, 1.807) is 0 Å². The first-order valence-corrected chi connectivity index (χ1v) is 4.76. The number of phenolic OH excluding ortho intramolecular Hbond substituents is 1. The van der Waals surface area contributed by atoms with Crippen molar-refractivity contribution in [1.29, 1.82) is 0 Å². The molecule has 2 rings (SSSR count). The number of phenols is 1. The van der Waals surface area contributed by atoms with Gasteiger partial charge in [0.2, 0.25) is 5.56 Å². The van der Waals surface area contributed by atoms with Crippen LogP contribution in [0.25, 0.3) is 10.9 Å². The van der Waals surface area contributed by atoms with Crippen molar-refractivity contribution in [2.75, 3.05) is 0 Å². The zero-order chi connectivity index (χ0) is 12.6. The molecule has 2 aromatic rings. The minimum absolute atomic E-state index is 0.107. The first-order chi connectivity index (χ1) is 8.00. The molecule has 0 bridgehead atoms. The number of carboxylic acid groups (broad SMARTS) is 1. The van der Waals surface area contributed by atoms with E-state index in [1.165, 1.54) is 24.3 Å². The molecule has 1 unspecified atom stereocenters. The molecule has 17 heavy (non-hydrogen) atoms. The summed E-state index contributed by atoms with van der Waals surface area (Å²) in [6, 6.07) is 5.07. The van der Waals surface area contributed by atoms with Crippen molar-refractivity contribution < 1.29 is 20.1 Å². The number of hydrogen-bond acceptors (Lipinski definition) is 4. The molecule has 1 aromatic heterocycles. The number of carbonyl (C=O) groups is 1. The lowest BCUT2D eigenvalue weighted by molar-refractivity contribution is -0.146. The predicted molar refractivity (Wildman–Crippen MR) is 58.8 cm³/mol. The lowest BCUT2D eigenvalue weighted by Gasteiger charge is -2.10. The van der Waals surface area contributed by atoms with Crippen LogP contribution in [-0.4, -0.2) is 26.3 Å². The van der Waals surface area contributed by atoms with Crippen LogP contribution in [0.3, 0.4) is 0 Å². The van der Waals surface area contributed by atoms with Crippen molar-refractivity contribution in [2.45, 2.75) is 6.10 Å². The molecule has 1 atom stereocenters. The minimum Gasteiger partial charge on any atom is -0.506 e. The molecule has 0 aliphatic heterocycles. The van der Waals surface area contributed by atoms with E-state index in [0.29, 0.717) is 5.39 Å². The topological polar surface area (TPSA) is 111 Å². The summed E-state index contributed by atoms with van der Waals surface area (Å²) in [6.07, 6.45) is -1.70. The Bertz CT molecular complexity index is 646. The Kier molecular flexibility index (Phi) is 2.57. The van der Waals surface area contributed by atoms with E-state index in [9.17, 15) is 19.8 Å². The number of aromatic amines is 1. The van der Waals surface area contributed by atoms with Crippen LogP contribution in [0.5, 0.6) is 5.75 Å². The van der Waals surface area contributed by atoms with Crippen molar-refractivity contribution in [3.8, 4) is 5.75 Å². The number of benzene rings is 1. The van der Waals surface area contributed by atoms with E-state index in [2.05, 4.69) is 4.98 Å². The van der Waals surface area contributed by atoms with Crippen LogP contribution < -0.4 is 5.56 Å². The van der Waals surface area contributed by atoms with Gasteiger partial charge in [0.25, 0.3) is 0 Å². The Morgan fingerprint density at radius 1 is 1.24 bits per heavy atom. The first kappa shape index (κ1) is 11.2. The molecule has 1 heterocycles. The van der Waals surface area contributed by atoms with Crippen LogP contribution in [-0.2, 0) is 4.79 Å². The Labute approximate surface area is 94.8 Å². The Morgan fingerprint density at radius 2 is 1.94 bits per heavy atom. The van der Waals surface area contributed by atoms with E-state index in [0.717, 1.165) is 0 Å². The summed E-state index contributed by atoms with van der Waals surface area (Å²) in [7, 11) is 0. The number of carboxylic acids is 1. The minimum atomic E-state index is -1.70. The monoisotopic (exact) mass is 235 g/mol. The summed E-state index contributed by atoms with van der Waals surface area (Å²) in [5.41, 5.74) is -0.202. The predicted octanol–water partition coefficient (Wildman–Crippen LogP) is 0.352. The molecular formula is C11H9NO5. The van der Waals surface area contributed by atoms with Crippen LogP contribution in [0.4, 0.5) is 0 Å². The van der Waals surface area contributed by atoms with Crippen LogP contribution in [0.2, 0.25) is 0 Å². The molecule has 1 aromatic carbocycles. The maximum Gasteiger partial charge on any atom is 0.337 e. The van der Waals surface area contributed by atoms with Gasteiger partial charge < -0.3 is 20.3 Å². The third-order valence-electron chi connectivity index (χ3n) is 2.44. The molecule has 0 saturated carbocycles. The Hall–Kier alpha value is -2.34. The number of hydrogen-bond donors (Lipinski definition) is 4. The molecular weight excluding hydrogens is 226 g/mol.